The largest absolute Gasteiger partial charge is 0.494 e. The highest BCUT2D eigenvalue weighted by molar-refractivity contribution is 5.86. The van der Waals surface area contributed by atoms with Gasteiger partial charge in [0, 0.05) is 6.07 Å². The van der Waals surface area contributed by atoms with Gasteiger partial charge >= 0.3 is 5.97 Å². The number of hydrogen-bond acceptors (Lipinski definition) is 3. The highest BCUT2D eigenvalue weighted by Gasteiger charge is 2.15. The topological polar surface area (TPSA) is 84.3 Å². The van der Waals surface area contributed by atoms with Crippen molar-refractivity contribution in [1.29, 1.82) is 0 Å². The van der Waals surface area contributed by atoms with Gasteiger partial charge in [-0.05, 0) is 12.1 Å². The number of methoxy groups -OCH3 is 1. The highest BCUT2D eigenvalue weighted by atomic mass is 16.5. The zero-order valence-corrected chi connectivity index (χ0v) is 9.01. The molecule has 6 nitrogen and oxygen atoms in total. The zero-order valence-electron chi connectivity index (χ0n) is 9.01. The van der Waals surface area contributed by atoms with Crippen molar-refractivity contribution in [1.82, 2.24) is 9.78 Å². The fraction of sp³-hybridized carbons (Fsp3) is 0.0909. The van der Waals surface area contributed by atoms with Crippen LogP contribution in [0.2, 0.25) is 0 Å². The molecule has 0 amide bonds. The molecule has 6 heteroatoms. The van der Waals surface area contributed by atoms with E-state index in [0.717, 1.165) is 6.07 Å². The average molecular weight is 234 g/mol. The minimum absolute atomic E-state index is 0.139. The number of carboxylic acid groups (broad SMARTS) is 1. The summed E-state index contributed by atoms with van der Waals surface area (Å²) >= 11 is 0. The Balaban J connectivity index is 2.68. The molecule has 1 heterocycles. The van der Waals surface area contributed by atoms with Gasteiger partial charge in [0.25, 0.3) is 5.56 Å². The molecule has 0 bridgehead atoms. The van der Waals surface area contributed by atoms with Crippen LogP contribution in [0.15, 0.2) is 35.1 Å². The molecule has 0 saturated carbocycles. The van der Waals surface area contributed by atoms with E-state index in [1.807, 2.05) is 0 Å². The van der Waals surface area contributed by atoms with Crippen molar-refractivity contribution in [2.45, 2.75) is 0 Å². The first kappa shape index (κ1) is 11.0. The Morgan fingerprint density at radius 2 is 2.12 bits per heavy atom. The molecule has 2 rings (SSSR count). The smallest absolute Gasteiger partial charge is 0.354 e. The predicted molar refractivity (Wildman–Crippen MR) is 59.9 cm³/mol. The number of H-pyrrole nitrogens is 1. The van der Waals surface area contributed by atoms with E-state index < -0.39 is 11.5 Å². The molecule has 0 aliphatic carbocycles. The third-order valence-electron chi connectivity index (χ3n) is 2.28. The van der Waals surface area contributed by atoms with Crippen LogP contribution in [0.1, 0.15) is 10.5 Å². The van der Waals surface area contributed by atoms with Gasteiger partial charge in [-0.25, -0.2) is 9.48 Å². The molecule has 0 saturated heterocycles. The third-order valence-corrected chi connectivity index (χ3v) is 2.28. The lowest BCUT2D eigenvalue weighted by Crippen LogP contribution is -2.10. The Labute approximate surface area is 96.1 Å². The molecule has 1 aromatic carbocycles. The quantitative estimate of drug-likeness (QED) is 0.825. The summed E-state index contributed by atoms with van der Waals surface area (Å²) in [5.74, 6) is -0.712. The lowest BCUT2D eigenvalue weighted by molar-refractivity contribution is 0.0687. The molecular formula is C11H10N2O4. The zero-order chi connectivity index (χ0) is 12.4. The Morgan fingerprint density at radius 3 is 2.76 bits per heavy atom. The van der Waals surface area contributed by atoms with E-state index in [-0.39, 0.29) is 5.69 Å². The van der Waals surface area contributed by atoms with Crippen LogP contribution in [-0.4, -0.2) is 28.0 Å². The molecule has 0 fully saturated rings. The standard InChI is InChI=1S/C11H10N2O4/c1-17-9-5-3-2-4-7(9)13-8(11(15)16)6-10(14)12-13/h2-6H,1H3,(H,12,14)(H,15,16). The molecule has 0 radical (unpaired) electrons. The minimum atomic E-state index is -1.19. The highest BCUT2D eigenvalue weighted by Crippen LogP contribution is 2.21. The van der Waals surface area contributed by atoms with Crippen molar-refractivity contribution in [2.75, 3.05) is 7.11 Å². The normalized spacial score (nSPS) is 10.2. The summed E-state index contributed by atoms with van der Waals surface area (Å²) < 4.78 is 6.29. The fourth-order valence-electron chi connectivity index (χ4n) is 1.55. The number of hydrogen-bond donors (Lipinski definition) is 2. The first-order valence-electron chi connectivity index (χ1n) is 4.82. The molecule has 0 unspecified atom stereocenters. The summed E-state index contributed by atoms with van der Waals surface area (Å²) in [6.07, 6.45) is 0. The van der Waals surface area contributed by atoms with Crippen molar-refractivity contribution in [2.24, 2.45) is 0 Å². The molecule has 0 atom stereocenters. The molecule has 2 N–H and O–H groups in total. The maximum Gasteiger partial charge on any atom is 0.354 e. The number of nitrogens with one attached hydrogen (secondary N) is 1. The van der Waals surface area contributed by atoms with E-state index in [1.54, 1.807) is 24.3 Å². The second kappa shape index (κ2) is 4.17. The first-order chi connectivity index (χ1) is 8.13. The summed E-state index contributed by atoms with van der Waals surface area (Å²) in [5.41, 5.74) is -0.151. The SMILES string of the molecule is COc1ccccc1-n1[nH]c(=O)cc1C(=O)O. The second-order valence-electron chi connectivity index (χ2n) is 3.32. The summed E-state index contributed by atoms with van der Waals surface area (Å²) in [5, 5.41) is 11.4. The summed E-state index contributed by atoms with van der Waals surface area (Å²) in [4.78, 5) is 22.2. The van der Waals surface area contributed by atoms with Crippen LogP contribution >= 0.6 is 0 Å². The van der Waals surface area contributed by atoms with Crippen molar-refractivity contribution in [3.63, 3.8) is 0 Å². The van der Waals surface area contributed by atoms with E-state index in [9.17, 15) is 9.59 Å². The van der Waals surface area contributed by atoms with E-state index in [0.29, 0.717) is 11.4 Å². The van der Waals surface area contributed by atoms with E-state index in [1.165, 1.54) is 11.8 Å². The van der Waals surface area contributed by atoms with Crippen LogP contribution in [0.25, 0.3) is 5.69 Å². The minimum Gasteiger partial charge on any atom is -0.494 e. The number of benzene rings is 1. The molecule has 0 aliphatic heterocycles. The van der Waals surface area contributed by atoms with Gasteiger partial charge in [-0.1, -0.05) is 12.1 Å². The molecular weight excluding hydrogens is 224 g/mol. The van der Waals surface area contributed by atoms with Crippen LogP contribution in [-0.2, 0) is 0 Å². The third kappa shape index (κ3) is 1.92. The predicted octanol–water partition coefficient (Wildman–Crippen LogP) is 0.872. The number of aromatic carboxylic acids is 1. The number of aromatic amines is 1. The Hall–Kier alpha value is -2.50. The number of carboxylic acids is 1. The van der Waals surface area contributed by atoms with Gasteiger partial charge in [0.15, 0.2) is 5.69 Å². The maximum atomic E-state index is 11.2. The van der Waals surface area contributed by atoms with Crippen LogP contribution in [0.5, 0.6) is 5.75 Å². The molecule has 17 heavy (non-hydrogen) atoms. The van der Waals surface area contributed by atoms with E-state index >= 15 is 0 Å². The van der Waals surface area contributed by atoms with Gasteiger partial charge in [0.1, 0.15) is 11.4 Å². The van der Waals surface area contributed by atoms with E-state index in [4.69, 9.17) is 9.84 Å². The van der Waals surface area contributed by atoms with Crippen LogP contribution in [0, 0.1) is 0 Å². The van der Waals surface area contributed by atoms with Crippen LogP contribution in [0.4, 0.5) is 0 Å². The molecule has 2 aromatic rings. The van der Waals surface area contributed by atoms with Crippen molar-refractivity contribution >= 4 is 5.97 Å². The van der Waals surface area contributed by atoms with Crippen LogP contribution < -0.4 is 10.3 Å². The number of nitrogens with zero attached hydrogens (tertiary/aromatic N) is 1. The number of ether oxygens (including phenoxy) is 1. The van der Waals surface area contributed by atoms with Crippen LogP contribution in [0.3, 0.4) is 0 Å². The van der Waals surface area contributed by atoms with Crippen molar-refractivity contribution in [3.8, 4) is 11.4 Å². The number of rotatable bonds is 3. The second-order valence-corrected chi connectivity index (χ2v) is 3.32. The molecule has 1 aromatic heterocycles. The summed E-state index contributed by atoms with van der Waals surface area (Å²) in [6.45, 7) is 0. The van der Waals surface area contributed by atoms with Gasteiger partial charge in [-0.3, -0.25) is 9.89 Å². The fourth-order valence-corrected chi connectivity index (χ4v) is 1.55. The lowest BCUT2D eigenvalue weighted by Gasteiger charge is -2.09. The molecule has 88 valence electrons. The summed E-state index contributed by atoms with van der Waals surface area (Å²) in [6, 6.07) is 7.83. The number of para-hydroxylation sites is 2. The van der Waals surface area contributed by atoms with Gasteiger partial charge in [0.05, 0.1) is 7.11 Å². The van der Waals surface area contributed by atoms with Gasteiger partial charge in [-0.15, -0.1) is 0 Å². The number of carbonyl (C=O) groups is 1. The monoisotopic (exact) mass is 234 g/mol. The number of aromatic nitrogens is 2. The van der Waals surface area contributed by atoms with Gasteiger partial charge in [0.2, 0.25) is 0 Å². The first-order valence-corrected chi connectivity index (χ1v) is 4.82. The van der Waals surface area contributed by atoms with Gasteiger partial charge in [-0.2, -0.15) is 0 Å². The maximum absolute atomic E-state index is 11.2. The Kier molecular flexibility index (Phi) is 2.70. The summed E-state index contributed by atoms with van der Waals surface area (Å²) in [7, 11) is 1.47. The average Bonchev–Trinajstić information content (AvgIpc) is 2.71. The Bertz CT molecular complexity index is 612. The van der Waals surface area contributed by atoms with Crippen molar-refractivity contribution < 1.29 is 14.6 Å². The molecule has 0 aliphatic rings. The van der Waals surface area contributed by atoms with Gasteiger partial charge < -0.3 is 9.84 Å². The van der Waals surface area contributed by atoms with Crippen molar-refractivity contribution in [3.05, 3.63) is 46.4 Å². The Morgan fingerprint density at radius 1 is 1.41 bits per heavy atom. The lowest BCUT2D eigenvalue weighted by atomic mass is 10.3. The van der Waals surface area contributed by atoms with E-state index in [2.05, 4.69) is 5.10 Å². The molecule has 0 spiro atoms.